The van der Waals surface area contributed by atoms with E-state index in [1.165, 1.54) is 13.0 Å². The van der Waals surface area contributed by atoms with Crippen LogP contribution in [0.4, 0.5) is 0 Å². The zero-order valence-corrected chi connectivity index (χ0v) is 10.2. The first-order valence-corrected chi connectivity index (χ1v) is 5.56. The smallest absolute Gasteiger partial charge is 0.328 e. The van der Waals surface area contributed by atoms with Gasteiger partial charge in [0.15, 0.2) is 0 Å². The zero-order chi connectivity index (χ0) is 13.7. The molecule has 2 atom stereocenters. The van der Waals surface area contributed by atoms with Crippen LogP contribution in [0.25, 0.3) is 0 Å². The van der Waals surface area contributed by atoms with Gasteiger partial charge in [-0.25, -0.2) is 4.79 Å². The van der Waals surface area contributed by atoms with E-state index >= 15 is 0 Å². The van der Waals surface area contributed by atoms with Crippen molar-refractivity contribution in [3.8, 4) is 0 Å². The summed E-state index contributed by atoms with van der Waals surface area (Å²) in [6.45, 7) is 2.25. The Morgan fingerprint density at radius 1 is 1.50 bits per heavy atom. The van der Waals surface area contributed by atoms with Gasteiger partial charge in [0.05, 0.1) is 0 Å². The Morgan fingerprint density at radius 3 is 2.67 bits per heavy atom. The summed E-state index contributed by atoms with van der Waals surface area (Å²) in [5.74, 6) is -1.90. The van der Waals surface area contributed by atoms with Crippen LogP contribution in [-0.2, 0) is 14.3 Å². The van der Waals surface area contributed by atoms with Crippen molar-refractivity contribution in [2.24, 2.45) is 5.92 Å². The maximum Gasteiger partial charge on any atom is 0.328 e. The van der Waals surface area contributed by atoms with E-state index in [2.05, 4.69) is 0 Å². The molecule has 1 aliphatic rings. The number of carbonyl (C=O) groups is 2. The van der Waals surface area contributed by atoms with Gasteiger partial charge in [-0.2, -0.15) is 0 Å². The van der Waals surface area contributed by atoms with Crippen molar-refractivity contribution >= 4 is 18.9 Å². The molecule has 0 aromatic rings. The molecule has 0 heterocycles. The largest absolute Gasteiger partial charge is 0.478 e. The third kappa shape index (κ3) is 4.22. The quantitative estimate of drug-likeness (QED) is 0.438. The summed E-state index contributed by atoms with van der Waals surface area (Å²) in [7, 11) is 0. The summed E-state index contributed by atoms with van der Waals surface area (Å²) in [6.07, 6.45) is 6.89. The Labute approximate surface area is 106 Å². The highest BCUT2D eigenvalue weighted by atomic mass is 16.5. The van der Waals surface area contributed by atoms with Crippen LogP contribution in [0.3, 0.4) is 0 Å². The highest BCUT2D eigenvalue weighted by Gasteiger charge is 2.23. The predicted molar refractivity (Wildman–Crippen MR) is 66.9 cm³/mol. The molecule has 0 aromatic carbocycles. The van der Waals surface area contributed by atoms with E-state index in [0.717, 1.165) is 6.08 Å². The molecular weight excluding hydrogens is 235 g/mol. The fourth-order valence-corrected chi connectivity index (χ4v) is 1.65. The molecule has 2 N–H and O–H groups in total. The predicted octanol–water partition coefficient (Wildman–Crippen LogP) is 0.824. The summed E-state index contributed by atoms with van der Waals surface area (Å²) < 4.78 is 5.07. The first-order chi connectivity index (χ1) is 8.40. The minimum Gasteiger partial charge on any atom is -0.478 e. The molecular formula is C12H15BO5. The number of rotatable bonds is 4. The van der Waals surface area contributed by atoms with E-state index < -0.39 is 25.0 Å². The van der Waals surface area contributed by atoms with Gasteiger partial charge in [0.1, 0.15) is 6.10 Å². The highest BCUT2D eigenvalue weighted by molar-refractivity contribution is 6.58. The molecule has 0 saturated heterocycles. The molecule has 0 aliphatic heterocycles. The number of hydrogen-bond donors (Lipinski definition) is 2. The van der Waals surface area contributed by atoms with Crippen molar-refractivity contribution in [3.63, 3.8) is 0 Å². The van der Waals surface area contributed by atoms with Gasteiger partial charge < -0.3 is 14.9 Å². The Bertz CT molecular complexity index is 422. The van der Waals surface area contributed by atoms with Crippen LogP contribution < -0.4 is 0 Å². The number of allylic oxidation sites excluding steroid dienone is 2. The van der Waals surface area contributed by atoms with Crippen LogP contribution in [0, 0.1) is 5.92 Å². The Morgan fingerprint density at radius 2 is 2.17 bits per heavy atom. The van der Waals surface area contributed by atoms with Crippen LogP contribution >= 0.6 is 0 Å². The third-order valence-corrected chi connectivity index (χ3v) is 2.49. The van der Waals surface area contributed by atoms with Crippen molar-refractivity contribution in [2.75, 3.05) is 0 Å². The Hall–Kier alpha value is -1.82. The lowest BCUT2D eigenvalue weighted by molar-refractivity contribution is -0.145. The van der Waals surface area contributed by atoms with E-state index in [0.29, 0.717) is 5.47 Å². The number of carbonyl (C=O) groups excluding carboxylic acids is 1. The van der Waals surface area contributed by atoms with Crippen molar-refractivity contribution in [3.05, 3.63) is 35.9 Å². The number of hydrogen-bond acceptors (Lipinski definition) is 4. The molecule has 1 aliphatic carbocycles. The van der Waals surface area contributed by atoms with Crippen molar-refractivity contribution in [1.29, 1.82) is 0 Å². The Balaban J connectivity index is 2.90. The second-order valence-corrected chi connectivity index (χ2v) is 4.05. The van der Waals surface area contributed by atoms with E-state index in [4.69, 9.17) is 9.84 Å². The molecule has 1 rings (SSSR count). The van der Waals surface area contributed by atoms with E-state index in [1.54, 1.807) is 25.1 Å². The van der Waals surface area contributed by atoms with Gasteiger partial charge in [-0.1, -0.05) is 30.5 Å². The highest BCUT2D eigenvalue weighted by Crippen LogP contribution is 2.22. The van der Waals surface area contributed by atoms with Crippen LogP contribution in [0.2, 0.25) is 6.82 Å². The molecule has 0 spiro atoms. The number of carboxylic acid groups (broad SMARTS) is 1. The van der Waals surface area contributed by atoms with Gasteiger partial charge in [0, 0.05) is 18.9 Å². The lowest BCUT2D eigenvalue weighted by Crippen LogP contribution is -2.26. The number of aliphatic carboxylic acids is 1. The summed E-state index contributed by atoms with van der Waals surface area (Å²) in [4.78, 5) is 21.4. The number of esters is 1. The summed E-state index contributed by atoms with van der Waals surface area (Å²) in [5, 5.41) is 18.1. The molecule has 0 radical (unpaired) electrons. The van der Waals surface area contributed by atoms with E-state index in [-0.39, 0.29) is 5.92 Å². The van der Waals surface area contributed by atoms with Crippen molar-refractivity contribution in [1.82, 2.24) is 0 Å². The van der Waals surface area contributed by atoms with Gasteiger partial charge in [0.25, 0.3) is 0 Å². The first kappa shape index (κ1) is 14.2. The van der Waals surface area contributed by atoms with Crippen LogP contribution in [0.15, 0.2) is 35.9 Å². The molecule has 96 valence electrons. The maximum atomic E-state index is 10.9. The summed E-state index contributed by atoms with van der Waals surface area (Å²) in [6, 6.07) is 0. The molecule has 0 bridgehead atoms. The fourth-order valence-electron chi connectivity index (χ4n) is 1.65. The average Bonchev–Trinajstić information content (AvgIpc) is 2.26. The third-order valence-electron chi connectivity index (χ3n) is 2.49. The van der Waals surface area contributed by atoms with Crippen LogP contribution in [0.1, 0.15) is 6.92 Å². The molecule has 6 heteroatoms. The average molecular weight is 250 g/mol. The minimum absolute atomic E-state index is 0.389. The Kier molecular flexibility index (Phi) is 4.91. The molecule has 18 heavy (non-hydrogen) atoms. The lowest BCUT2D eigenvalue weighted by Gasteiger charge is -2.23. The van der Waals surface area contributed by atoms with Gasteiger partial charge >= 0.3 is 18.9 Å². The van der Waals surface area contributed by atoms with Gasteiger partial charge in [-0.3, -0.25) is 4.79 Å². The number of ether oxygens (including phenoxy) is 1. The second kappa shape index (κ2) is 6.21. The first-order valence-electron chi connectivity index (χ1n) is 5.56. The monoisotopic (exact) mass is 250 g/mol. The maximum absolute atomic E-state index is 10.9. The van der Waals surface area contributed by atoms with Crippen LogP contribution in [-0.4, -0.2) is 35.1 Å². The molecule has 0 amide bonds. The molecule has 0 fully saturated rings. The number of carboxylic acids is 1. The lowest BCUT2D eigenvalue weighted by atomic mass is 9.61. The normalized spacial score (nSPS) is 22.7. The van der Waals surface area contributed by atoms with E-state index in [9.17, 15) is 14.6 Å². The topological polar surface area (TPSA) is 83.8 Å². The molecule has 5 nitrogen and oxygen atoms in total. The summed E-state index contributed by atoms with van der Waals surface area (Å²) >= 11 is 0. The fraction of sp³-hybridized carbons (Fsp3) is 0.333. The van der Waals surface area contributed by atoms with Gasteiger partial charge in [-0.05, 0) is 6.08 Å². The standard InChI is InChI=1S/C12H15BO5/c1-8(14)18-11-5-4-10(13(2)17)7-9(11)3-6-12(15)16/h3-7,9,11,17H,1-2H3,(H,15,16)/b6-3-. The van der Waals surface area contributed by atoms with Crippen molar-refractivity contribution in [2.45, 2.75) is 19.9 Å². The zero-order valence-electron chi connectivity index (χ0n) is 10.2. The second-order valence-electron chi connectivity index (χ2n) is 4.05. The van der Waals surface area contributed by atoms with Gasteiger partial charge in [-0.15, -0.1) is 0 Å². The van der Waals surface area contributed by atoms with Gasteiger partial charge in [0.2, 0.25) is 0 Å². The molecule has 0 saturated carbocycles. The van der Waals surface area contributed by atoms with Crippen molar-refractivity contribution < 1.29 is 24.5 Å². The molecule has 2 unspecified atom stereocenters. The molecule has 0 aromatic heterocycles. The summed E-state index contributed by atoms with van der Waals surface area (Å²) in [5.41, 5.74) is 0.665. The minimum atomic E-state index is -1.07. The van der Waals surface area contributed by atoms with Crippen LogP contribution in [0.5, 0.6) is 0 Å². The SMILES string of the molecule is CB(O)C1=CC(/C=C\C(=O)O)C(OC(C)=O)C=C1. The van der Waals surface area contributed by atoms with E-state index in [1.807, 2.05) is 0 Å².